The lowest BCUT2D eigenvalue weighted by atomic mass is 9.87. The third-order valence-corrected chi connectivity index (χ3v) is 5.46. The van der Waals surface area contributed by atoms with Crippen LogP contribution >= 0.6 is 0 Å². The summed E-state index contributed by atoms with van der Waals surface area (Å²) >= 11 is 0. The molecule has 1 heterocycles. The van der Waals surface area contributed by atoms with Crippen molar-refractivity contribution in [1.29, 1.82) is 0 Å². The van der Waals surface area contributed by atoms with Crippen molar-refractivity contribution >= 4 is 5.91 Å². The van der Waals surface area contributed by atoms with E-state index in [1.54, 1.807) is 0 Å². The van der Waals surface area contributed by atoms with Gasteiger partial charge >= 0.3 is 0 Å². The summed E-state index contributed by atoms with van der Waals surface area (Å²) in [7, 11) is 1.99. The van der Waals surface area contributed by atoms with E-state index in [0.717, 1.165) is 38.1 Å². The van der Waals surface area contributed by atoms with Crippen LogP contribution in [-0.4, -0.2) is 59.6 Å². The highest BCUT2D eigenvalue weighted by molar-refractivity contribution is 5.78. The first-order valence-electron chi connectivity index (χ1n) is 8.72. The maximum absolute atomic E-state index is 12.5. The van der Waals surface area contributed by atoms with E-state index in [4.69, 9.17) is 5.11 Å². The van der Waals surface area contributed by atoms with Gasteiger partial charge in [-0.25, -0.2) is 0 Å². The summed E-state index contributed by atoms with van der Waals surface area (Å²) in [5, 5.41) is 8.98. The number of hydrogen-bond acceptors (Lipinski definition) is 3. The molecule has 2 fully saturated rings. The van der Waals surface area contributed by atoms with Crippen molar-refractivity contribution in [1.82, 2.24) is 9.80 Å². The van der Waals surface area contributed by atoms with Crippen LogP contribution in [0.4, 0.5) is 0 Å². The van der Waals surface area contributed by atoms with Crippen LogP contribution in [0.1, 0.15) is 58.3 Å². The zero-order valence-electron chi connectivity index (χ0n) is 13.8. The minimum absolute atomic E-state index is 0.262. The first-order chi connectivity index (χ1) is 10.1. The monoisotopic (exact) mass is 296 g/mol. The Kier molecular flexibility index (Phi) is 6.49. The Hall–Kier alpha value is -0.610. The Balaban J connectivity index is 1.79. The van der Waals surface area contributed by atoms with Crippen LogP contribution in [-0.2, 0) is 4.79 Å². The van der Waals surface area contributed by atoms with E-state index in [0.29, 0.717) is 18.6 Å². The zero-order valence-corrected chi connectivity index (χ0v) is 13.8. The Morgan fingerprint density at radius 2 is 1.95 bits per heavy atom. The maximum atomic E-state index is 12.5. The molecule has 0 spiro atoms. The number of carbonyl (C=O) groups is 1. The first kappa shape index (κ1) is 16.8. The van der Waals surface area contributed by atoms with Gasteiger partial charge in [0.15, 0.2) is 0 Å². The molecule has 0 aromatic carbocycles. The number of aliphatic hydroxyl groups is 1. The number of likely N-dealkylation sites (N-methyl/N-ethyl adjacent to an activating group) is 1. The van der Waals surface area contributed by atoms with Gasteiger partial charge in [-0.2, -0.15) is 0 Å². The summed E-state index contributed by atoms with van der Waals surface area (Å²) in [6, 6.07) is 0.952. The second-order valence-electron chi connectivity index (χ2n) is 7.05. The average molecular weight is 296 g/mol. The van der Waals surface area contributed by atoms with Crippen LogP contribution in [0.3, 0.4) is 0 Å². The largest absolute Gasteiger partial charge is 0.396 e. The molecule has 1 amide bonds. The van der Waals surface area contributed by atoms with Crippen LogP contribution < -0.4 is 0 Å². The standard InChI is InChI=1S/C17H32N2O2/c1-14-7-9-15(10-8-14)18(2)17(21)13-19-11-3-5-16(19)6-4-12-20/h14-16,20H,3-13H2,1-2H3. The highest BCUT2D eigenvalue weighted by Crippen LogP contribution is 2.27. The molecule has 1 atom stereocenters. The summed E-state index contributed by atoms with van der Waals surface area (Å²) in [5.74, 6) is 1.11. The number of likely N-dealkylation sites (tertiary alicyclic amines) is 1. The fourth-order valence-electron chi connectivity index (χ4n) is 3.88. The minimum Gasteiger partial charge on any atom is -0.396 e. The van der Waals surface area contributed by atoms with E-state index in [-0.39, 0.29) is 12.5 Å². The molecule has 4 nitrogen and oxygen atoms in total. The van der Waals surface area contributed by atoms with Crippen LogP contribution in [0.5, 0.6) is 0 Å². The van der Waals surface area contributed by atoms with Gasteiger partial charge in [-0.1, -0.05) is 6.92 Å². The molecule has 0 aromatic heterocycles. The molecule has 2 rings (SSSR count). The summed E-state index contributed by atoms with van der Waals surface area (Å²) < 4.78 is 0. The molecule has 1 N–H and O–H groups in total. The summed E-state index contributed by atoms with van der Waals surface area (Å²) in [4.78, 5) is 16.9. The number of aliphatic hydroxyl groups excluding tert-OH is 1. The summed E-state index contributed by atoms with van der Waals surface area (Å²) in [5.41, 5.74) is 0. The van der Waals surface area contributed by atoms with Crippen LogP contribution in [0.15, 0.2) is 0 Å². The normalized spacial score (nSPS) is 30.5. The second kappa shape index (κ2) is 8.14. The number of amides is 1. The number of rotatable bonds is 6. The highest BCUT2D eigenvalue weighted by atomic mass is 16.3. The van der Waals surface area contributed by atoms with Crippen molar-refractivity contribution in [3.8, 4) is 0 Å². The molecule has 0 radical (unpaired) electrons. The molecule has 122 valence electrons. The number of carbonyl (C=O) groups excluding carboxylic acids is 1. The van der Waals surface area contributed by atoms with E-state index < -0.39 is 0 Å². The number of hydrogen-bond donors (Lipinski definition) is 1. The predicted molar refractivity (Wildman–Crippen MR) is 85.1 cm³/mol. The van der Waals surface area contributed by atoms with E-state index in [1.807, 2.05) is 11.9 Å². The molecule has 2 aliphatic rings. The fraction of sp³-hybridized carbons (Fsp3) is 0.941. The molecule has 1 aliphatic carbocycles. The van der Waals surface area contributed by atoms with Crippen LogP contribution in [0.25, 0.3) is 0 Å². The molecule has 21 heavy (non-hydrogen) atoms. The summed E-state index contributed by atoms with van der Waals surface area (Å²) in [6.45, 7) is 4.18. The van der Waals surface area contributed by atoms with E-state index in [2.05, 4.69) is 11.8 Å². The van der Waals surface area contributed by atoms with Crippen molar-refractivity contribution in [2.75, 3.05) is 26.7 Å². The Labute approximate surface area is 129 Å². The molecule has 1 saturated heterocycles. The van der Waals surface area contributed by atoms with Gasteiger partial charge in [0.05, 0.1) is 6.54 Å². The van der Waals surface area contributed by atoms with Gasteiger partial charge in [0, 0.05) is 25.7 Å². The third-order valence-electron chi connectivity index (χ3n) is 5.46. The summed E-state index contributed by atoms with van der Waals surface area (Å²) in [6.07, 6.45) is 9.08. The van der Waals surface area contributed by atoms with Crippen LogP contribution in [0.2, 0.25) is 0 Å². The lowest BCUT2D eigenvalue weighted by molar-refractivity contribution is -0.134. The Bertz CT molecular complexity index is 327. The molecule has 4 heteroatoms. The van der Waals surface area contributed by atoms with Crippen molar-refractivity contribution in [2.45, 2.75) is 70.4 Å². The van der Waals surface area contributed by atoms with Crippen LogP contribution in [0, 0.1) is 5.92 Å². The molecular formula is C17H32N2O2. The zero-order chi connectivity index (χ0) is 15.2. The quantitative estimate of drug-likeness (QED) is 0.817. The molecule has 1 aliphatic heterocycles. The lowest BCUT2D eigenvalue weighted by Crippen LogP contribution is -2.45. The molecule has 0 bridgehead atoms. The fourth-order valence-corrected chi connectivity index (χ4v) is 3.88. The van der Waals surface area contributed by atoms with E-state index >= 15 is 0 Å². The van der Waals surface area contributed by atoms with Gasteiger partial charge in [0.1, 0.15) is 0 Å². The van der Waals surface area contributed by atoms with Gasteiger partial charge < -0.3 is 10.0 Å². The third kappa shape index (κ3) is 4.68. The Morgan fingerprint density at radius 3 is 2.62 bits per heavy atom. The van der Waals surface area contributed by atoms with Crippen molar-refractivity contribution in [2.24, 2.45) is 5.92 Å². The SMILES string of the molecule is CC1CCC(N(C)C(=O)CN2CCCC2CCCO)CC1. The van der Waals surface area contributed by atoms with Crippen molar-refractivity contribution in [3.63, 3.8) is 0 Å². The highest BCUT2D eigenvalue weighted by Gasteiger charge is 2.29. The molecular weight excluding hydrogens is 264 g/mol. The minimum atomic E-state index is 0.262. The van der Waals surface area contributed by atoms with Gasteiger partial charge in [0.25, 0.3) is 0 Å². The average Bonchev–Trinajstić information content (AvgIpc) is 2.92. The second-order valence-corrected chi connectivity index (χ2v) is 7.05. The van der Waals surface area contributed by atoms with Crippen molar-refractivity contribution in [3.05, 3.63) is 0 Å². The molecule has 0 aromatic rings. The van der Waals surface area contributed by atoms with Gasteiger partial charge in [-0.15, -0.1) is 0 Å². The molecule has 1 saturated carbocycles. The number of nitrogens with zero attached hydrogens (tertiary/aromatic N) is 2. The topological polar surface area (TPSA) is 43.8 Å². The van der Waals surface area contributed by atoms with E-state index in [9.17, 15) is 4.79 Å². The molecule has 1 unspecified atom stereocenters. The smallest absolute Gasteiger partial charge is 0.236 e. The lowest BCUT2D eigenvalue weighted by Gasteiger charge is -2.35. The Morgan fingerprint density at radius 1 is 1.24 bits per heavy atom. The first-order valence-corrected chi connectivity index (χ1v) is 8.72. The van der Waals surface area contributed by atoms with Gasteiger partial charge in [-0.05, 0) is 63.8 Å². The van der Waals surface area contributed by atoms with Gasteiger partial charge in [0.2, 0.25) is 5.91 Å². The van der Waals surface area contributed by atoms with Gasteiger partial charge in [-0.3, -0.25) is 9.69 Å². The van der Waals surface area contributed by atoms with Crippen molar-refractivity contribution < 1.29 is 9.90 Å². The van der Waals surface area contributed by atoms with E-state index in [1.165, 1.54) is 25.7 Å². The maximum Gasteiger partial charge on any atom is 0.236 e. The predicted octanol–water partition coefficient (Wildman–Crippen LogP) is 2.26.